The van der Waals surface area contributed by atoms with Gasteiger partial charge < -0.3 is 10.2 Å². The maximum absolute atomic E-state index is 12.8. The van der Waals surface area contributed by atoms with Gasteiger partial charge in [0.1, 0.15) is 0 Å². The fraction of sp³-hybridized carbons (Fsp3) is 0.250. The number of carbonyl (C=O) groups is 1. The van der Waals surface area contributed by atoms with Crippen LogP contribution in [-0.4, -0.2) is 35.4 Å². The van der Waals surface area contributed by atoms with E-state index in [1.54, 1.807) is 30.6 Å². The van der Waals surface area contributed by atoms with Crippen molar-refractivity contribution in [3.05, 3.63) is 63.9 Å². The number of amides is 1. The molecule has 0 spiro atoms. The minimum Gasteiger partial charge on any atom is -0.329 e. The minimum absolute atomic E-state index is 0. The first-order valence-corrected chi connectivity index (χ1v) is 7.79. The molecule has 7 heteroatoms. The fourth-order valence-corrected chi connectivity index (χ4v) is 2.91. The van der Waals surface area contributed by atoms with Crippen molar-refractivity contribution in [3.8, 4) is 0 Å². The third kappa shape index (κ3) is 3.96. The quantitative estimate of drug-likeness (QED) is 0.876. The van der Waals surface area contributed by atoms with Crippen LogP contribution in [0.3, 0.4) is 0 Å². The van der Waals surface area contributed by atoms with Gasteiger partial charge in [-0.15, -0.1) is 12.4 Å². The van der Waals surface area contributed by atoms with E-state index in [2.05, 4.69) is 10.3 Å². The largest absolute Gasteiger partial charge is 0.329 e. The Morgan fingerprint density at radius 3 is 2.78 bits per heavy atom. The zero-order valence-electron chi connectivity index (χ0n) is 12.2. The van der Waals surface area contributed by atoms with Gasteiger partial charge in [0, 0.05) is 37.6 Å². The standard InChI is InChI=1S/C16H15Cl2N3O.ClH/c17-13-4-3-11(8-14(13)18)16(22)21-7-6-20-10-15(21)12-2-1-5-19-9-12;/h1-5,8-9,15,20H,6-7,10H2;1H. The second-order valence-electron chi connectivity index (χ2n) is 5.13. The van der Waals surface area contributed by atoms with Gasteiger partial charge in [-0.25, -0.2) is 0 Å². The normalized spacial score (nSPS) is 17.5. The molecule has 2 aromatic rings. The van der Waals surface area contributed by atoms with Crippen molar-refractivity contribution in [1.82, 2.24) is 15.2 Å². The van der Waals surface area contributed by atoms with Crippen molar-refractivity contribution in [3.63, 3.8) is 0 Å². The molecule has 1 aromatic carbocycles. The van der Waals surface area contributed by atoms with Gasteiger partial charge >= 0.3 is 0 Å². The zero-order valence-corrected chi connectivity index (χ0v) is 14.5. The Labute approximate surface area is 151 Å². The van der Waals surface area contributed by atoms with Gasteiger partial charge in [-0.1, -0.05) is 29.3 Å². The molecule has 1 atom stereocenters. The summed E-state index contributed by atoms with van der Waals surface area (Å²) in [6.07, 6.45) is 3.53. The van der Waals surface area contributed by atoms with E-state index < -0.39 is 0 Å². The Kier molecular flexibility index (Phi) is 6.25. The first kappa shape index (κ1) is 18.0. The monoisotopic (exact) mass is 371 g/mol. The van der Waals surface area contributed by atoms with E-state index in [-0.39, 0.29) is 24.4 Å². The van der Waals surface area contributed by atoms with Crippen molar-refractivity contribution in [1.29, 1.82) is 0 Å². The molecular formula is C16H16Cl3N3O. The highest BCUT2D eigenvalue weighted by atomic mass is 35.5. The molecule has 1 fully saturated rings. The van der Waals surface area contributed by atoms with Crippen LogP contribution in [0.15, 0.2) is 42.7 Å². The lowest BCUT2D eigenvalue weighted by Crippen LogP contribution is -2.48. The van der Waals surface area contributed by atoms with Crippen LogP contribution in [0, 0.1) is 0 Å². The van der Waals surface area contributed by atoms with E-state index in [9.17, 15) is 4.79 Å². The Morgan fingerprint density at radius 1 is 1.26 bits per heavy atom. The molecule has 2 heterocycles. The molecule has 0 saturated carbocycles. The van der Waals surface area contributed by atoms with Crippen LogP contribution in [0.25, 0.3) is 0 Å². The summed E-state index contributed by atoms with van der Waals surface area (Å²) in [5.74, 6) is -0.0473. The van der Waals surface area contributed by atoms with Crippen molar-refractivity contribution in [2.45, 2.75) is 6.04 Å². The van der Waals surface area contributed by atoms with E-state index in [0.29, 0.717) is 28.7 Å². The molecule has 1 aliphatic rings. The third-order valence-corrected chi connectivity index (χ3v) is 4.48. The highest BCUT2D eigenvalue weighted by Gasteiger charge is 2.28. The van der Waals surface area contributed by atoms with Crippen LogP contribution in [0.5, 0.6) is 0 Å². The van der Waals surface area contributed by atoms with Gasteiger partial charge in [0.15, 0.2) is 0 Å². The summed E-state index contributed by atoms with van der Waals surface area (Å²) in [6, 6.07) is 8.81. The Balaban J connectivity index is 0.00000192. The van der Waals surface area contributed by atoms with E-state index >= 15 is 0 Å². The number of benzene rings is 1. The molecular weight excluding hydrogens is 357 g/mol. The van der Waals surface area contributed by atoms with Crippen LogP contribution < -0.4 is 5.32 Å². The molecule has 0 bridgehead atoms. The number of aromatic nitrogens is 1. The summed E-state index contributed by atoms with van der Waals surface area (Å²) < 4.78 is 0. The van der Waals surface area contributed by atoms with Crippen LogP contribution in [0.2, 0.25) is 10.0 Å². The van der Waals surface area contributed by atoms with Crippen molar-refractivity contribution < 1.29 is 4.79 Å². The van der Waals surface area contributed by atoms with E-state index in [1.807, 2.05) is 17.0 Å². The van der Waals surface area contributed by atoms with Gasteiger partial charge in [0.05, 0.1) is 16.1 Å². The number of rotatable bonds is 2. The van der Waals surface area contributed by atoms with Crippen LogP contribution in [-0.2, 0) is 0 Å². The lowest BCUT2D eigenvalue weighted by Gasteiger charge is -2.36. The molecule has 1 aromatic heterocycles. The Hall–Kier alpha value is -1.33. The average molecular weight is 373 g/mol. The van der Waals surface area contributed by atoms with Crippen molar-refractivity contribution in [2.24, 2.45) is 0 Å². The van der Waals surface area contributed by atoms with Crippen LogP contribution in [0.1, 0.15) is 22.0 Å². The van der Waals surface area contributed by atoms with Gasteiger partial charge in [-0.2, -0.15) is 0 Å². The Morgan fingerprint density at radius 2 is 2.09 bits per heavy atom. The Bertz CT molecular complexity index is 682. The molecule has 122 valence electrons. The summed E-state index contributed by atoms with van der Waals surface area (Å²) in [5, 5.41) is 4.16. The zero-order chi connectivity index (χ0) is 15.5. The average Bonchev–Trinajstić information content (AvgIpc) is 2.57. The molecule has 1 unspecified atom stereocenters. The molecule has 0 radical (unpaired) electrons. The fourth-order valence-electron chi connectivity index (χ4n) is 2.61. The summed E-state index contributed by atoms with van der Waals surface area (Å²) in [4.78, 5) is 18.8. The first-order valence-electron chi connectivity index (χ1n) is 7.03. The molecule has 1 amide bonds. The lowest BCUT2D eigenvalue weighted by atomic mass is 10.0. The number of halogens is 3. The number of nitrogens with zero attached hydrogens (tertiary/aromatic N) is 2. The molecule has 4 nitrogen and oxygen atoms in total. The predicted molar refractivity (Wildman–Crippen MR) is 94.6 cm³/mol. The second kappa shape index (κ2) is 7.97. The maximum Gasteiger partial charge on any atom is 0.254 e. The molecule has 1 aliphatic heterocycles. The number of hydrogen-bond donors (Lipinski definition) is 1. The van der Waals surface area contributed by atoms with Crippen LogP contribution >= 0.6 is 35.6 Å². The third-order valence-electron chi connectivity index (χ3n) is 3.74. The van der Waals surface area contributed by atoms with Crippen molar-refractivity contribution >= 4 is 41.5 Å². The molecule has 0 aliphatic carbocycles. The maximum atomic E-state index is 12.8. The number of carbonyl (C=O) groups excluding carboxylic acids is 1. The lowest BCUT2D eigenvalue weighted by molar-refractivity contribution is 0.0634. The second-order valence-corrected chi connectivity index (χ2v) is 5.95. The number of piperazine rings is 1. The van der Waals surface area contributed by atoms with Crippen LogP contribution in [0.4, 0.5) is 0 Å². The number of nitrogens with one attached hydrogen (secondary N) is 1. The molecule has 1 N–H and O–H groups in total. The predicted octanol–water partition coefficient (Wildman–Crippen LogP) is 3.60. The molecule has 23 heavy (non-hydrogen) atoms. The minimum atomic E-state index is -0.0473. The SMILES string of the molecule is Cl.O=C(c1ccc(Cl)c(Cl)c1)N1CCNCC1c1cccnc1. The smallest absolute Gasteiger partial charge is 0.254 e. The molecule has 1 saturated heterocycles. The topological polar surface area (TPSA) is 45.2 Å². The van der Waals surface area contributed by atoms with E-state index in [4.69, 9.17) is 23.2 Å². The summed E-state index contributed by atoms with van der Waals surface area (Å²) in [6.45, 7) is 2.11. The summed E-state index contributed by atoms with van der Waals surface area (Å²) in [7, 11) is 0. The number of pyridine rings is 1. The van der Waals surface area contributed by atoms with Gasteiger partial charge in [0.25, 0.3) is 5.91 Å². The van der Waals surface area contributed by atoms with E-state index in [1.165, 1.54) is 0 Å². The first-order chi connectivity index (χ1) is 10.7. The number of hydrogen-bond acceptors (Lipinski definition) is 3. The van der Waals surface area contributed by atoms with Gasteiger partial charge in [0.2, 0.25) is 0 Å². The summed E-state index contributed by atoms with van der Waals surface area (Å²) >= 11 is 11.9. The van der Waals surface area contributed by atoms with Gasteiger partial charge in [-0.3, -0.25) is 9.78 Å². The van der Waals surface area contributed by atoms with Gasteiger partial charge in [-0.05, 0) is 29.8 Å². The highest BCUT2D eigenvalue weighted by molar-refractivity contribution is 6.42. The van der Waals surface area contributed by atoms with Crippen molar-refractivity contribution in [2.75, 3.05) is 19.6 Å². The molecule has 3 rings (SSSR count). The summed E-state index contributed by atoms with van der Waals surface area (Å²) in [5.41, 5.74) is 1.56. The highest BCUT2D eigenvalue weighted by Crippen LogP contribution is 2.27. The van der Waals surface area contributed by atoms with E-state index in [0.717, 1.165) is 12.1 Å².